The van der Waals surface area contributed by atoms with Crippen LogP contribution in [-0.2, 0) is 10.0 Å². The summed E-state index contributed by atoms with van der Waals surface area (Å²) in [5.74, 6) is -3.96. The minimum atomic E-state index is -4.15. The van der Waals surface area contributed by atoms with E-state index in [0.717, 1.165) is 0 Å². The Morgan fingerprint density at radius 3 is 2.19 bits per heavy atom. The van der Waals surface area contributed by atoms with Gasteiger partial charge in [0, 0.05) is 19.2 Å². The van der Waals surface area contributed by atoms with Crippen LogP contribution in [-0.4, -0.2) is 15.5 Å². The maximum Gasteiger partial charge on any atom is 0.264 e. The lowest BCUT2D eigenvalue weighted by atomic mass is 10.3. The molecule has 0 atom stereocenters. The maximum atomic E-state index is 13.5. The van der Waals surface area contributed by atoms with E-state index in [-0.39, 0.29) is 16.6 Å². The molecule has 2 aromatic rings. The van der Waals surface area contributed by atoms with E-state index in [1.54, 1.807) is 6.07 Å². The van der Waals surface area contributed by atoms with Gasteiger partial charge in [0.05, 0.1) is 11.4 Å². The number of hydrogen-bond donors (Lipinski definition) is 2. The molecule has 4 nitrogen and oxygen atoms in total. The Morgan fingerprint density at radius 1 is 0.905 bits per heavy atom. The largest absolute Gasteiger partial charge is 0.387 e. The van der Waals surface area contributed by atoms with Gasteiger partial charge in [0.15, 0.2) is 11.6 Å². The zero-order chi connectivity index (χ0) is 15.6. The van der Waals surface area contributed by atoms with Gasteiger partial charge < -0.3 is 5.32 Å². The molecule has 0 bridgehead atoms. The summed E-state index contributed by atoms with van der Waals surface area (Å²) in [4.78, 5) is -0.142. The number of rotatable bonds is 4. The van der Waals surface area contributed by atoms with E-state index in [1.807, 2.05) is 4.72 Å². The van der Waals surface area contributed by atoms with Crippen LogP contribution < -0.4 is 10.0 Å². The first-order chi connectivity index (χ1) is 9.85. The molecular weight excluding hydrogens is 305 g/mol. The molecule has 0 aromatic heterocycles. The number of sulfonamides is 1. The summed E-state index contributed by atoms with van der Waals surface area (Å²) < 4.78 is 65.7. The topological polar surface area (TPSA) is 58.2 Å². The summed E-state index contributed by atoms with van der Waals surface area (Å²) in [5, 5.41) is 2.68. The van der Waals surface area contributed by atoms with Crippen LogP contribution in [0.25, 0.3) is 0 Å². The van der Waals surface area contributed by atoms with Crippen molar-refractivity contribution in [1.82, 2.24) is 0 Å². The quantitative estimate of drug-likeness (QED) is 0.853. The second-order valence-electron chi connectivity index (χ2n) is 4.10. The van der Waals surface area contributed by atoms with E-state index in [1.165, 1.54) is 25.2 Å². The predicted octanol–water partition coefficient (Wildman–Crippen LogP) is 2.95. The lowest BCUT2D eigenvalue weighted by molar-refractivity contribution is 0.496. The SMILES string of the molecule is CNc1ccccc1S(=O)(=O)Nc1cc(F)c(F)cc1F. The van der Waals surface area contributed by atoms with Gasteiger partial charge in [-0.05, 0) is 12.1 Å². The smallest absolute Gasteiger partial charge is 0.264 e. The van der Waals surface area contributed by atoms with Crippen molar-refractivity contribution in [2.24, 2.45) is 0 Å². The first-order valence-corrected chi connectivity index (χ1v) is 7.27. The van der Waals surface area contributed by atoms with Crippen LogP contribution in [0.1, 0.15) is 0 Å². The summed E-state index contributed by atoms with van der Waals surface area (Å²) in [6.45, 7) is 0. The molecule has 112 valence electrons. The Kier molecular flexibility index (Phi) is 4.08. The highest BCUT2D eigenvalue weighted by Gasteiger charge is 2.20. The number of para-hydroxylation sites is 1. The standard InChI is InChI=1S/C13H11F3N2O2S/c1-17-11-4-2-3-5-13(11)21(19,20)18-12-7-9(15)8(14)6-10(12)16/h2-7,17-18H,1H3. The van der Waals surface area contributed by atoms with Crippen LogP contribution in [0.5, 0.6) is 0 Å². The molecule has 0 aliphatic rings. The Bertz CT molecular complexity index is 779. The second-order valence-corrected chi connectivity index (χ2v) is 5.75. The van der Waals surface area contributed by atoms with Gasteiger partial charge in [-0.3, -0.25) is 4.72 Å². The molecule has 8 heteroatoms. The molecule has 0 heterocycles. The molecule has 0 saturated carbocycles. The third kappa shape index (κ3) is 3.10. The summed E-state index contributed by atoms with van der Waals surface area (Å²) in [6.07, 6.45) is 0. The van der Waals surface area contributed by atoms with Crippen molar-refractivity contribution in [3.05, 3.63) is 53.8 Å². The number of nitrogens with one attached hydrogen (secondary N) is 2. The average molecular weight is 316 g/mol. The number of hydrogen-bond acceptors (Lipinski definition) is 3. The molecule has 2 rings (SSSR count). The highest BCUT2D eigenvalue weighted by atomic mass is 32.2. The lowest BCUT2D eigenvalue weighted by Gasteiger charge is -2.12. The Hall–Kier alpha value is -2.22. The summed E-state index contributed by atoms with van der Waals surface area (Å²) in [5.41, 5.74) is -0.382. The first kappa shape index (κ1) is 15.2. The molecule has 0 aliphatic heterocycles. The fourth-order valence-corrected chi connectivity index (χ4v) is 2.98. The average Bonchev–Trinajstić information content (AvgIpc) is 2.44. The fraction of sp³-hybridized carbons (Fsp3) is 0.0769. The molecule has 21 heavy (non-hydrogen) atoms. The van der Waals surface area contributed by atoms with E-state index in [2.05, 4.69) is 5.32 Å². The van der Waals surface area contributed by atoms with Crippen molar-refractivity contribution in [2.75, 3.05) is 17.1 Å². The minimum Gasteiger partial charge on any atom is -0.387 e. The minimum absolute atomic E-state index is 0.142. The maximum absolute atomic E-state index is 13.5. The molecule has 0 unspecified atom stereocenters. The van der Waals surface area contributed by atoms with Crippen LogP contribution in [0, 0.1) is 17.5 Å². The van der Waals surface area contributed by atoms with Gasteiger partial charge in [-0.15, -0.1) is 0 Å². The third-order valence-electron chi connectivity index (χ3n) is 2.70. The normalized spacial score (nSPS) is 11.2. The molecule has 0 amide bonds. The van der Waals surface area contributed by atoms with Crippen molar-refractivity contribution in [3.63, 3.8) is 0 Å². The fourth-order valence-electron chi connectivity index (χ4n) is 1.71. The van der Waals surface area contributed by atoms with Gasteiger partial charge in [0.25, 0.3) is 10.0 Å². The number of anilines is 2. The van der Waals surface area contributed by atoms with Crippen molar-refractivity contribution < 1.29 is 21.6 Å². The van der Waals surface area contributed by atoms with Gasteiger partial charge in [0.1, 0.15) is 10.7 Å². The van der Waals surface area contributed by atoms with Gasteiger partial charge in [0.2, 0.25) is 0 Å². The summed E-state index contributed by atoms with van der Waals surface area (Å²) in [7, 11) is -2.63. The Morgan fingerprint density at radius 2 is 1.52 bits per heavy atom. The monoisotopic (exact) mass is 316 g/mol. The van der Waals surface area contributed by atoms with Crippen LogP contribution in [0.15, 0.2) is 41.3 Å². The van der Waals surface area contributed by atoms with Gasteiger partial charge in [-0.1, -0.05) is 12.1 Å². The molecule has 2 N–H and O–H groups in total. The van der Waals surface area contributed by atoms with Gasteiger partial charge >= 0.3 is 0 Å². The molecular formula is C13H11F3N2O2S. The number of halogens is 3. The van der Waals surface area contributed by atoms with E-state index >= 15 is 0 Å². The third-order valence-corrected chi connectivity index (χ3v) is 4.12. The van der Waals surface area contributed by atoms with Crippen LogP contribution >= 0.6 is 0 Å². The first-order valence-electron chi connectivity index (χ1n) is 5.79. The molecule has 0 radical (unpaired) electrons. The van der Waals surface area contributed by atoms with Gasteiger partial charge in [-0.25, -0.2) is 21.6 Å². The Balaban J connectivity index is 2.45. The zero-order valence-electron chi connectivity index (χ0n) is 10.8. The van der Waals surface area contributed by atoms with Crippen molar-refractivity contribution in [2.45, 2.75) is 4.90 Å². The molecule has 0 fully saturated rings. The van der Waals surface area contributed by atoms with Gasteiger partial charge in [-0.2, -0.15) is 0 Å². The van der Waals surface area contributed by atoms with Crippen molar-refractivity contribution in [1.29, 1.82) is 0 Å². The molecule has 0 saturated heterocycles. The second kappa shape index (κ2) is 5.65. The summed E-state index contributed by atoms with van der Waals surface area (Å²) >= 11 is 0. The highest BCUT2D eigenvalue weighted by molar-refractivity contribution is 7.92. The Labute approximate surface area is 119 Å². The highest BCUT2D eigenvalue weighted by Crippen LogP contribution is 2.25. The molecule has 0 spiro atoms. The van der Waals surface area contributed by atoms with Crippen LogP contribution in [0.2, 0.25) is 0 Å². The lowest BCUT2D eigenvalue weighted by Crippen LogP contribution is -2.16. The van der Waals surface area contributed by atoms with E-state index < -0.39 is 33.2 Å². The van der Waals surface area contributed by atoms with Crippen LogP contribution in [0.4, 0.5) is 24.5 Å². The zero-order valence-corrected chi connectivity index (χ0v) is 11.6. The van der Waals surface area contributed by atoms with Crippen LogP contribution in [0.3, 0.4) is 0 Å². The predicted molar refractivity (Wildman–Crippen MR) is 73.1 cm³/mol. The summed E-state index contributed by atoms with van der Waals surface area (Å²) in [6, 6.07) is 6.63. The number of benzene rings is 2. The van der Waals surface area contributed by atoms with Crippen molar-refractivity contribution in [3.8, 4) is 0 Å². The molecule has 0 aliphatic carbocycles. The van der Waals surface area contributed by atoms with Crippen molar-refractivity contribution >= 4 is 21.4 Å². The van der Waals surface area contributed by atoms with E-state index in [0.29, 0.717) is 6.07 Å². The molecule has 2 aromatic carbocycles. The van der Waals surface area contributed by atoms with E-state index in [9.17, 15) is 21.6 Å². The van der Waals surface area contributed by atoms with E-state index in [4.69, 9.17) is 0 Å².